The number of rotatable bonds is 8. The number of aromatic amines is 1. The van der Waals surface area contributed by atoms with Gasteiger partial charge < -0.3 is 23.8 Å². The largest absolute Gasteiger partial charge is 0.493 e. The summed E-state index contributed by atoms with van der Waals surface area (Å²) in [6, 6.07) is 10.4. The van der Waals surface area contributed by atoms with Crippen LogP contribution in [0.1, 0.15) is 50.4 Å². The minimum absolute atomic E-state index is 0.0424. The molecule has 0 unspecified atom stereocenters. The second-order valence-corrected chi connectivity index (χ2v) is 11.9. The average Bonchev–Trinajstić information content (AvgIpc) is 3.39. The van der Waals surface area contributed by atoms with Crippen molar-refractivity contribution in [3.63, 3.8) is 0 Å². The fraction of sp³-hybridized carbons (Fsp3) is 0.444. The monoisotopic (exact) mass is 511 g/mol. The van der Waals surface area contributed by atoms with Crippen LogP contribution in [0, 0.1) is 5.92 Å². The molecule has 2 atom stereocenters. The molecular formula is C27H34N3O5P. The number of hydrogen-bond donors (Lipinski definition) is 2. The van der Waals surface area contributed by atoms with Gasteiger partial charge in [-0.05, 0) is 48.7 Å². The fourth-order valence-corrected chi connectivity index (χ4v) is 7.18. The maximum atomic E-state index is 13.2. The molecule has 2 aliphatic heterocycles. The summed E-state index contributed by atoms with van der Waals surface area (Å²) in [6.45, 7) is 9.42. The summed E-state index contributed by atoms with van der Waals surface area (Å²) in [5.41, 5.74) is 6.05. The van der Waals surface area contributed by atoms with E-state index in [9.17, 15) is 4.57 Å². The zero-order chi connectivity index (χ0) is 25.5. The van der Waals surface area contributed by atoms with Crippen molar-refractivity contribution >= 4 is 13.3 Å². The highest BCUT2D eigenvalue weighted by atomic mass is 31.2. The van der Waals surface area contributed by atoms with Crippen LogP contribution < -0.4 is 14.8 Å². The van der Waals surface area contributed by atoms with Crippen molar-refractivity contribution in [1.29, 1.82) is 0 Å². The molecule has 0 spiro atoms. The molecule has 2 aliphatic rings. The highest BCUT2D eigenvalue weighted by Crippen LogP contribution is 2.56. The van der Waals surface area contributed by atoms with Gasteiger partial charge in [-0.1, -0.05) is 26.0 Å². The van der Waals surface area contributed by atoms with Gasteiger partial charge in [0.1, 0.15) is 0 Å². The lowest BCUT2D eigenvalue weighted by atomic mass is 9.65. The van der Waals surface area contributed by atoms with Gasteiger partial charge in [-0.25, -0.2) is 0 Å². The third-order valence-electron chi connectivity index (χ3n) is 7.32. The Morgan fingerprint density at radius 1 is 1.14 bits per heavy atom. The van der Waals surface area contributed by atoms with E-state index in [0.29, 0.717) is 25.6 Å². The Balaban J connectivity index is 1.54. The Hall–Kier alpha value is -2.80. The lowest BCUT2D eigenvalue weighted by Gasteiger charge is -2.49. The van der Waals surface area contributed by atoms with Gasteiger partial charge in [-0.3, -0.25) is 9.66 Å². The van der Waals surface area contributed by atoms with Crippen LogP contribution in [0.15, 0.2) is 42.7 Å². The van der Waals surface area contributed by atoms with E-state index in [1.54, 1.807) is 13.3 Å². The van der Waals surface area contributed by atoms with Crippen molar-refractivity contribution in [2.24, 2.45) is 5.92 Å². The van der Waals surface area contributed by atoms with Crippen LogP contribution in [0.5, 0.6) is 11.5 Å². The maximum absolute atomic E-state index is 13.2. The minimum Gasteiger partial charge on any atom is -0.493 e. The van der Waals surface area contributed by atoms with E-state index in [-0.39, 0.29) is 23.5 Å². The summed E-state index contributed by atoms with van der Waals surface area (Å²) < 4.78 is 36.3. The van der Waals surface area contributed by atoms with Gasteiger partial charge in [0.15, 0.2) is 11.5 Å². The molecule has 5 rings (SSSR count). The first-order valence-electron chi connectivity index (χ1n) is 12.4. The highest BCUT2D eigenvalue weighted by Gasteiger charge is 2.47. The van der Waals surface area contributed by atoms with Gasteiger partial charge in [0.05, 0.1) is 45.3 Å². The molecule has 3 heterocycles. The lowest BCUT2D eigenvalue weighted by Crippen LogP contribution is -2.46. The van der Waals surface area contributed by atoms with Gasteiger partial charge in [0.2, 0.25) is 0 Å². The molecule has 2 aromatic carbocycles. The van der Waals surface area contributed by atoms with Crippen LogP contribution in [0.4, 0.5) is 5.69 Å². The van der Waals surface area contributed by atoms with Gasteiger partial charge >= 0.3 is 7.60 Å². The highest BCUT2D eigenvalue weighted by molar-refractivity contribution is 7.53. The SMILES string of the molecule is CCOP(=O)(Cc1ccc2c(c1)C(C)(C)[C@H]1COc3c(OC)cc(-c4cn[nH]c4)cc3[C@H]1N2)OCC. The molecule has 192 valence electrons. The molecule has 9 heteroatoms. The lowest BCUT2D eigenvalue weighted by molar-refractivity contribution is 0.131. The average molecular weight is 512 g/mol. The van der Waals surface area contributed by atoms with E-state index < -0.39 is 7.60 Å². The third kappa shape index (κ3) is 4.32. The Bertz CT molecular complexity index is 1280. The number of fused-ring (bicyclic) bond motifs is 4. The molecule has 0 saturated heterocycles. The van der Waals surface area contributed by atoms with Gasteiger partial charge in [0.25, 0.3) is 0 Å². The minimum atomic E-state index is -3.20. The van der Waals surface area contributed by atoms with E-state index in [2.05, 4.69) is 47.6 Å². The van der Waals surface area contributed by atoms with E-state index in [4.69, 9.17) is 18.5 Å². The van der Waals surface area contributed by atoms with Gasteiger partial charge in [0, 0.05) is 34.3 Å². The number of H-pyrrole nitrogens is 1. The van der Waals surface area contributed by atoms with Crippen LogP contribution >= 0.6 is 7.60 Å². The molecule has 3 aromatic rings. The molecule has 36 heavy (non-hydrogen) atoms. The number of aromatic nitrogens is 2. The predicted molar refractivity (Wildman–Crippen MR) is 140 cm³/mol. The van der Waals surface area contributed by atoms with Crippen molar-refractivity contribution in [2.45, 2.75) is 45.3 Å². The predicted octanol–water partition coefficient (Wildman–Crippen LogP) is 6.30. The van der Waals surface area contributed by atoms with Crippen LogP contribution in [0.3, 0.4) is 0 Å². The van der Waals surface area contributed by atoms with Gasteiger partial charge in [-0.2, -0.15) is 5.10 Å². The quantitative estimate of drug-likeness (QED) is 0.343. The molecule has 1 aromatic heterocycles. The van der Waals surface area contributed by atoms with Crippen molar-refractivity contribution in [1.82, 2.24) is 10.2 Å². The third-order valence-corrected chi connectivity index (χ3v) is 9.38. The summed E-state index contributed by atoms with van der Waals surface area (Å²) >= 11 is 0. The number of benzene rings is 2. The normalized spacial score (nSPS) is 19.9. The molecule has 0 aliphatic carbocycles. The molecule has 0 saturated carbocycles. The topological polar surface area (TPSA) is 94.7 Å². The molecule has 0 radical (unpaired) electrons. The molecular weight excluding hydrogens is 477 g/mol. The molecule has 0 fully saturated rings. The van der Waals surface area contributed by atoms with Crippen molar-refractivity contribution in [3.05, 3.63) is 59.4 Å². The fourth-order valence-electron chi connectivity index (χ4n) is 5.49. The second kappa shape index (κ2) is 9.58. The maximum Gasteiger partial charge on any atom is 0.335 e. The first-order chi connectivity index (χ1) is 17.3. The summed E-state index contributed by atoms with van der Waals surface area (Å²) in [5, 5.41) is 10.8. The summed E-state index contributed by atoms with van der Waals surface area (Å²) in [7, 11) is -1.53. The zero-order valence-electron chi connectivity index (χ0n) is 21.5. The zero-order valence-corrected chi connectivity index (χ0v) is 22.4. The van der Waals surface area contributed by atoms with Crippen molar-refractivity contribution in [2.75, 3.05) is 32.2 Å². The summed E-state index contributed by atoms with van der Waals surface area (Å²) in [6.07, 6.45) is 3.93. The van der Waals surface area contributed by atoms with Crippen molar-refractivity contribution < 1.29 is 23.1 Å². The molecule has 2 N–H and O–H groups in total. The van der Waals surface area contributed by atoms with E-state index in [1.165, 1.54) is 5.56 Å². The second-order valence-electron chi connectivity index (χ2n) is 9.83. The van der Waals surface area contributed by atoms with E-state index in [1.807, 2.05) is 32.2 Å². The first kappa shape index (κ1) is 24.9. The van der Waals surface area contributed by atoms with Crippen LogP contribution in [-0.2, 0) is 25.2 Å². The summed E-state index contributed by atoms with van der Waals surface area (Å²) in [4.78, 5) is 0. The van der Waals surface area contributed by atoms with Crippen LogP contribution in [0.2, 0.25) is 0 Å². The Morgan fingerprint density at radius 3 is 2.58 bits per heavy atom. The molecule has 0 bridgehead atoms. The number of nitrogens with one attached hydrogen (secondary N) is 2. The number of nitrogens with zero attached hydrogens (tertiary/aromatic N) is 1. The molecule has 8 nitrogen and oxygen atoms in total. The molecule has 0 amide bonds. The number of ether oxygens (including phenoxy) is 2. The number of hydrogen-bond acceptors (Lipinski definition) is 7. The summed E-state index contributed by atoms with van der Waals surface area (Å²) in [5.74, 6) is 1.66. The number of anilines is 1. The Kier molecular flexibility index (Phi) is 6.62. The van der Waals surface area contributed by atoms with Crippen molar-refractivity contribution in [3.8, 4) is 22.6 Å². The van der Waals surface area contributed by atoms with Crippen LogP contribution in [-0.4, -0.2) is 37.1 Å². The van der Waals surface area contributed by atoms with Crippen LogP contribution in [0.25, 0.3) is 11.1 Å². The van der Waals surface area contributed by atoms with E-state index >= 15 is 0 Å². The Labute approximate surface area is 212 Å². The van der Waals surface area contributed by atoms with E-state index in [0.717, 1.165) is 33.7 Å². The Morgan fingerprint density at radius 2 is 1.92 bits per heavy atom. The first-order valence-corrected chi connectivity index (χ1v) is 14.1. The standard InChI is InChI=1S/C27H34N3O5P/c1-6-34-36(31,35-7-2)16-17-8-9-23-21(10-17)27(3,4)22-15-33-26-20(25(22)30-23)11-18(12-24(26)32-5)19-13-28-29-14-19/h8-14,22,25,30H,6-7,15-16H2,1-5H3,(H,28,29)/t22-,25+/m0/s1. The smallest absolute Gasteiger partial charge is 0.335 e. The number of methoxy groups -OCH3 is 1. The van der Waals surface area contributed by atoms with Gasteiger partial charge in [-0.15, -0.1) is 0 Å².